The molecule has 0 aliphatic carbocycles. The fourth-order valence-electron chi connectivity index (χ4n) is 1.93. The number of rotatable bonds is 9. The molecule has 1 atom stereocenters. The maximum Gasteiger partial charge on any atom is 0.0449 e. The minimum atomic E-state index is 0.438. The van der Waals surface area contributed by atoms with Crippen molar-refractivity contribution in [2.75, 3.05) is 38.7 Å². The summed E-state index contributed by atoms with van der Waals surface area (Å²) in [7, 11) is 4.26. The molecule has 0 radical (unpaired) electrons. The fraction of sp³-hybridized carbons (Fsp3) is 0.600. The Kier molecular flexibility index (Phi) is 8.14. The van der Waals surface area contributed by atoms with Crippen molar-refractivity contribution >= 4 is 11.8 Å². The van der Waals surface area contributed by atoms with Crippen LogP contribution in [0, 0.1) is 0 Å². The molecule has 0 aliphatic rings. The van der Waals surface area contributed by atoms with Crippen LogP contribution in [0.3, 0.4) is 0 Å². The zero-order chi connectivity index (χ0) is 13.2. The van der Waals surface area contributed by atoms with Gasteiger partial charge < -0.3 is 10.2 Å². The maximum atomic E-state index is 3.67. The highest BCUT2D eigenvalue weighted by Gasteiger charge is 2.10. The van der Waals surface area contributed by atoms with Crippen LogP contribution in [0.1, 0.15) is 24.9 Å². The molecular formula is C15H26N2S. The van der Waals surface area contributed by atoms with Gasteiger partial charge in [-0.3, -0.25) is 0 Å². The Hall–Kier alpha value is -0.510. The van der Waals surface area contributed by atoms with Gasteiger partial charge in [0.1, 0.15) is 0 Å². The predicted octanol–water partition coefficient (Wildman–Crippen LogP) is 3.02. The van der Waals surface area contributed by atoms with Crippen LogP contribution in [0.25, 0.3) is 0 Å². The molecule has 0 aromatic heterocycles. The fourth-order valence-corrected chi connectivity index (χ4v) is 2.57. The lowest BCUT2D eigenvalue weighted by Gasteiger charge is -2.23. The maximum absolute atomic E-state index is 3.67. The van der Waals surface area contributed by atoms with Crippen LogP contribution in [-0.4, -0.2) is 43.6 Å². The molecule has 0 saturated carbocycles. The number of benzene rings is 1. The van der Waals surface area contributed by atoms with Crippen molar-refractivity contribution in [1.82, 2.24) is 10.2 Å². The number of nitrogens with one attached hydrogen (secondary N) is 1. The quantitative estimate of drug-likeness (QED) is 0.692. The third kappa shape index (κ3) is 6.43. The lowest BCUT2D eigenvalue weighted by molar-refractivity contribution is 0.342. The van der Waals surface area contributed by atoms with Crippen molar-refractivity contribution in [2.45, 2.75) is 19.4 Å². The summed E-state index contributed by atoms with van der Waals surface area (Å²) >= 11 is 2.02. The lowest BCUT2D eigenvalue weighted by atomic mass is 10.1. The van der Waals surface area contributed by atoms with Gasteiger partial charge in [0.15, 0.2) is 0 Å². The standard InChI is InChI=1S/C15H26N2S/c1-4-18-12-8-11-16-15(13-17(2)3)14-9-6-5-7-10-14/h5-7,9-10,15-16H,4,8,11-13H2,1-3H3. The van der Waals surface area contributed by atoms with Crippen molar-refractivity contribution in [1.29, 1.82) is 0 Å². The smallest absolute Gasteiger partial charge is 0.0449 e. The molecule has 0 amide bonds. The van der Waals surface area contributed by atoms with E-state index in [1.807, 2.05) is 11.8 Å². The molecule has 0 saturated heterocycles. The van der Waals surface area contributed by atoms with E-state index in [2.05, 4.69) is 61.6 Å². The minimum Gasteiger partial charge on any atom is -0.309 e. The Bertz CT molecular complexity index is 301. The van der Waals surface area contributed by atoms with E-state index < -0.39 is 0 Å². The molecule has 0 spiro atoms. The molecule has 1 aromatic rings. The molecule has 3 heteroatoms. The van der Waals surface area contributed by atoms with E-state index in [0.717, 1.165) is 13.1 Å². The molecule has 1 unspecified atom stereocenters. The van der Waals surface area contributed by atoms with Crippen LogP contribution >= 0.6 is 11.8 Å². The Balaban J connectivity index is 2.41. The predicted molar refractivity (Wildman–Crippen MR) is 83.4 cm³/mol. The van der Waals surface area contributed by atoms with Gasteiger partial charge in [-0.15, -0.1) is 0 Å². The zero-order valence-electron chi connectivity index (χ0n) is 11.9. The van der Waals surface area contributed by atoms with E-state index in [9.17, 15) is 0 Å². The van der Waals surface area contributed by atoms with Crippen LogP contribution in [0.4, 0.5) is 0 Å². The van der Waals surface area contributed by atoms with Gasteiger partial charge in [-0.25, -0.2) is 0 Å². The lowest BCUT2D eigenvalue weighted by Crippen LogP contribution is -2.32. The summed E-state index contributed by atoms with van der Waals surface area (Å²) in [6, 6.07) is 11.2. The van der Waals surface area contributed by atoms with E-state index in [0.29, 0.717) is 6.04 Å². The van der Waals surface area contributed by atoms with Crippen molar-refractivity contribution in [2.24, 2.45) is 0 Å². The van der Waals surface area contributed by atoms with E-state index in [-0.39, 0.29) is 0 Å². The van der Waals surface area contributed by atoms with E-state index in [4.69, 9.17) is 0 Å². The number of nitrogens with zero attached hydrogens (tertiary/aromatic N) is 1. The van der Waals surface area contributed by atoms with E-state index in [1.165, 1.54) is 23.5 Å². The van der Waals surface area contributed by atoms with Gasteiger partial charge in [0.2, 0.25) is 0 Å². The van der Waals surface area contributed by atoms with Gasteiger partial charge in [0.25, 0.3) is 0 Å². The summed E-state index contributed by atoms with van der Waals surface area (Å²) in [5.41, 5.74) is 1.38. The molecule has 1 aromatic carbocycles. The van der Waals surface area contributed by atoms with Crippen molar-refractivity contribution < 1.29 is 0 Å². The van der Waals surface area contributed by atoms with Crippen LogP contribution in [0.2, 0.25) is 0 Å². The van der Waals surface area contributed by atoms with Crippen molar-refractivity contribution in [3.63, 3.8) is 0 Å². The van der Waals surface area contributed by atoms with Gasteiger partial charge >= 0.3 is 0 Å². The molecule has 2 nitrogen and oxygen atoms in total. The highest BCUT2D eigenvalue weighted by atomic mass is 32.2. The summed E-state index contributed by atoms with van der Waals surface area (Å²) in [6.07, 6.45) is 1.25. The van der Waals surface area contributed by atoms with Crippen LogP contribution in [-0.2, 0) is 0 Å². The van der Waals surface area contributed by atoms with Crippen LogP contribution in [0.15, 0.2) is 30.3 Å². The molecule has 18 heavy (non-hydrogen) atoms. The normalized spacial score (nSPS) is 12.9. The van der Waals surface area contributed by atoms with E-state index in [1.54, 1.807) is 0 Å². The first-order valence-corrected chi connectivity index (χ1v) is 7.90. The molecule has 1 N–H and O–H groups in total. The summed E-state index contributed by atoms with van der Waals surface area (Å²) in [6.45, 7) is 4.36. The molecule has 102 valence electrons. The molecule has 0 bridgehead atoms. The largest absolute Gasteiger partial charge is 0.309 e. The second kappa shape index (κ2) is 9.42. The first-order chi connectivity index (χ1) is 8.74. The van der Waals surface area contributed by atoms with E-state index >= 15 is 0 Å². The van der Waals surface area contributed by atoms with Gasteiger partial charge in [-0.05, 0) is 44.1 Å². The van der Waals surface area contributed by atoms with Crippen LogP contribution < -0.4 is 5.32 Å². The Morgan fingerprint density at radius 3 is 2.56 bits per heavy atom. The summed E-state index contributed by atoms with van der Waals surface area (Å²) < 4.78 is 0. The van der Waals surface area contributed by atoms with Gasteiger partial charge in [0, 0.05) is 12.6 Å². The Labute approximate surface area is 116 Å². The molecular weight excluding hydrogens is 240 g/mol. The average Bonchev–Trinajstić information content (AvgIpc) is 2.38. The van der Waals surface area contributed by atoms with Crippen molar-refractivity contribution in [3.8, 4) is 0 Å². The highest BCUT2D eigenvalue weighted by molar-refractivity contribution is 7.99. The number of thioether (sulfide) groups is 1. The molecule has 0 fully saturated rings. The van der Waals surface area contributed by atoms with Gasteiger partial charge in [-0.1, -0.05) is 37.3 Å². The zero-order valence-corrected chi connectivity index (χ0v) is 12.7. The Morgan fingerprint density at radius 1 is 1.22 bits per heavy atom. The first kappa shape index (κ1) is 15.5. The topological polar surface area (TPSA) is 15.3 Å². The summed E-state index contributed by atoms with van der Waals surface area (Å²) in [5, 5.41) is 3.67. The molecule has 1 rings (SSSR count). The minimum absolute atomic E-state index is 0.438. The SMILES string of the molecule is CCSCCCNC(CN(C)C)c1ccccc1. The van der Waals surface area contributed by atoms with Gasteiger partial charge in [0.05, 0.1) is 0 Å². The highest BCUT2D eigenvalue weighted by Crippen LogP contribution is 2.13. The molecule has 0 aliphatic heterocycles. The number of likely N-dealkylation sites (N-methyl/N-ethyl adjacent to an activating group) is 1. The second-order valence-corrected chi connectivity index (χ2v) is 6.12. The first-order valence-electron chi connectivity index (χ1n) is 6.74. The summed E-state index contributed by atoms with van der Waals surface area (Å²) in [5.74, 6) is 2.48. The Morgan fingerprint density at radius 2 is 1.94 bits per heavy atom. The average molecular weight is 266 g/mol. The van der Waals surface area contributed by atoms with Gasteiger partial charge in [-0.2, -0.15) is 11.8 Å². The molecule has 0 heterocycles. The van der Waals surface area contributed by atoms with Crippen LogP contribution in [0.5, 0.6) is 0 Å². The third-order valence-electron chi connectivity index (χ3n) is 2.81. The number of hydrogen-bond acceptors (Lipinski definition) is 3. The third-order valence-corrected chi connectivity index (χ3v) is 3.80. The van der Waals surface area contributed by atoms with Crippen molar-refractivity contribution in [3.05, 3.63) is 35.9 Å². The second-order valence-electron chi connectivity index (χ2n) is 4.73. The monoisotopic (exact) mass is 266 g/mol. The number of hydrogen-bond donors (Lipinski definition) is 1. The summed E-state index contributed by atoms with van der Waals surface area (Å²) in [4.78, 5) is 2.24.